The predicted octanol–water partition coefficient (Wildman–Crippen LogP) is 3.37. The molecular weight excluding hydrogens is 234 g/mol. The van der Waals surface area contributed by atoms with Crippen LogP contribution in [0.4, 0.5) is 5.82 Å². The normalized spacial score (nSPS) is 11.4. The Bertz CT molecular complexity index is 386. The Morgan fingerprint density at radius 1 is 1.21 bits per heavy atom. The van der Waals surface area contributed by atoms with Crippen LogP contribution in [-0.4, -0.2) is 24.1 Å². The Labute approximate surface area is 118 Å². The maximum Gasteiger partial charge on any atom is 0.129 e. The molecule has 0 aliphatic heterocycles. The van der Waals surface area contributed by atoms with Gasteiger partial charge in [-0.2, -0.15) is 0 Å². The van der Waals surface area contributed by atoms with E-state index in [9.17, 15) is 0 Å². The maximum atomic E-state index is 4.67. The van der Waals surface area contributed by atoms with Crippen LogP contribution in [0.25, 0.3) is 0 Å². The van der Waals surface area contributed by atoms with Crippen molar-refractivity contribution in [1.29, 1.82) is 0 Å². The maximum absolute atomic E-state index is 4.67. The number of nitrogens with zero attached hydrogens (tertiary/aromatic N) is 2. The van der Waals surface area contributed by atoms with E-state index in [1.54, 1.807) is 0 Å². The van der Waals surface area contributed by atoms with E-state index >= 15 is 0 Å². The van der Waals surface area contributed by atoms with Crippen molar-refractivity contribution in [3.63, 3.8) is 0 Å². The molecule has 0 aliphatic carbocycles. The molecule has 1 rings (SSSR count). The molecule has 3 heteroatoms. The van der Waals surface area contributed by atoms with Gasteiger partial charge in [-0.25, -0.2) is 4.98 Å². The molecule has 0 aromatic carbocycles. The molecule has 1 aromatic heterocycles. The summed E-state index contributed by atoms with van der Waals surface area (Å²) in [6, 6.07) is 4.87. The van der Waals surface area contributed by atoms with Crippen LogP contribution in [0.1, 0.15) is 45.9 Å². The van der Waals surface area contributed by atoms with Crippen LogP contribution in [0.15, 0.2) is 12.1 Å². The van der Waals surface area contributed by atoms with Gasteiger partial charge in [-0.1, -0.05) is 13.8 Å². The highest BCUT2D eigenvalue weighted by Gasteiger charge is 2.11. The van der Waals surface area contributed by atoms with Crippen molar-refractivity contribution in [1.82, 2.24) is 10.3 Å². The molecular formula is C16H29N3. The van der Waals surface area contributed by atoms with Gasteiger partial charge in [0, 0.05) is 24.8 Å². The summed E-state index contributed by atoms with van der Waals surface area (Å²) in [4.78, 5) is 7.00. The van der Waals surface area contributed by atoms with Crippen molar-refractivity contribution in [2.75, 3.05) is 18.0 Å². The summed E-state index contributed by atoms with van der Waals surface area (Å²) in [5.41, 5.74) is 2.42. The van der Waals surface area contributed by atoms with Gasteiger partial charge in [-0.3, -0.25) is 0 Å². The van der Waals surface area contributed by atoms with Crippen molar-refractivity contribution < 1.29 is 0 Å². The fourth-order valence-electron chi connectivity index (χ4n) is 2.27. The molecule has 0 fully saturated rings. The molecule has 0 saturated carbocycles. The minimum atomic E-state index is 0.482. The largest absolute Gasteiger partial charge is 0.354 e. The Kier molecular flexibility index (Phi) is 6.29. The Balaban J connectivity index is 2.81. The fraction of sp³-hybridized carbons (Fsp3) is 0.688. The average Bonchev–Trinajstić information content (AvgIpc) is 2.28. The minimum Gasteiger partial charge on any atom is -0.354 e. The second-order valence-corrected chi connectivity index (χ2v) is 5.88. The number of rotatable bonds is 7. The Morgan fingerprint density at radius 2 is 1.89 bits per heavy atom. The number of aryl methyl sites for hydroxylation is 1. The highest BCUT2D eigenvalue weighted by molar-refractivity contribution is 5.43. The van der Waals surface area contributed by atoms with Gasteiger partial charge < -0.3 is 10.2 Å². The topological polar surface area (TPSA) is 28.2 Å². The van der Waals surface area contributed by atoms with Crippen molar-refractivity contribution >= 4 is 5.82 Å². The molecule has 1 N–H and O–H groups in total. The van der Waals surface area contributed by atoms with Crippen molar-refractivity contribution in [3.8, 4) is 0 Å². The van der Waals surface area contributed by atoms with Crippen molar-refractivity contribution in [3.05, 3.63) is 23.4 Å². The van der Waals surface area contributed by atoms with E-state index in [4.69, 9.17) is 0 Å². The summed E-state index contributed by atoms with van der Waals surface area (Å²) < 4.78 is 0. The molecule has 0 bridgehead atoms. The second-order valence-electron chi connectivity index (χ2n) is 5.88. The summed E-state index contributed by atoms with van der Waals surface area (Å²) in [6.45, 7) is 16.1. The molecule has 19 heavy (non-hydrogen) atoms. The smallest absolute Gasteiger partial charge is 0.129 e. The number of hydrogen-bond donors (Lipinski definition) is 1. The lowest BCUT2D eigenvalue weighted by Crippen LogP contribution is -2.31. The van der Waals surface area contributed by atoms with Crippen LogP contribution >= 0.6 is 0 Å². The molecule has 1 aromatic rings. The first-order valence-corrected chi connectivity index (χ1v) is 7.39. The number of pyridine rings is 1. The van der Waals surface area contributed by atoms with Gasteiger partial charge in [0.2, 0.25) is 0 Å². The lowest BCUT2D eigenvalue weighted by atomic mass is 10.2. The zero-order valence-electron chi connectivity index (χ0n) is 13.3. The van der Waals surface area contributed by atoms with E-state index in [1.807, 2.05) is 0 Å². The van der Waals surface area contributed by atoms with E-state index < -0.39 is 0 Å². The van der Waals surface area contributed by atoms with Gasteiger partial charge in [0.1, 0.15) is 5.82 Å². The summed E-state index contributed by atoms with van der Waals surface area (Å²) in [5.74, 6) is 1.78. The number of nitrogens with one attached hydrogen (secondary N) is 1. The molecule has 0 atom stereocenters. The first kappa shape index (κ1) is 16.0. The molecule has 0 unspecified atom stereocenters. The second kappa shape index (κ2) is 7.49. The van der Waals surface area contributed by atoms with Crippen molar-refractivity contribution in [2.24, 2.45) is 5.92 Å². The van der Waals surface area contributed by atoms with Gasteiger partial charge in [0.05, 0.1) is 0 Å². The zero-order valence-corrected chi connectivity index (χ0v) is 13.3. The molecule has 0 amide bonds. The van der Waals surface area contributed by atoms with Gasteiger partial charge in [-0.15, -0.1) is 0 Å². The van der Waals surface area contributed by atoms with Crippen LogP contribution in [0.5, 0.6) is 0 Å². The third-order valence-electron chi connectivity index (χ3n) is 3.14. The zero-order chi connectivity index (χ0) is 14.4. The third kappa shape index (κ3) is 5.19. The molecule has 1 heterocycles. The van der Waals surface area contributed by atoms with E-state index in [1.165, 1.54) is 5.56 Å². The lowest BCUT2D eigenvalue weighted by Gasteiger charge is -2.27. The molecule has 3 nitrogen and oxygen atoms in total. The van der Waals surface area contributed by atoms with Crippen LogP contribution in [0, 0.1) is 12.8 Å². The summed E-state index contributed by atoms with van der Waals surface area (Å²) in [7, 11) is 0. The molecule has 0 radical (unpaired) electrons. The number of hydrogen-bond acceptors (Lipinski definition) is 3. The van der Waals surface area contributed by atoms with Gasteiger partial charge in [0.25, 0.3) is 0 Å². The fourth-order valence-corrected chi connectivity index (χ4v) is 2.27. The van der Waals surface area contributed by atoms with E-state index in [0.717, 1.165) is 31.1 Å². The van der Waals surface area contributed by atoms with Gasteiger partial charge in [0.15, 0.2) is 0 Å². The first-order valence-electron chi connectivity index (χ1n) is 7.39. The van der Waals surface area contributed by atoms with Crippen LogP contribution in [0.3, 0.4) is 0 Å². The molecule has 0 aliphatic rings. The van der Waals surface area contributed by atoms with Gasteiger partial charge >= 0.3 is 0 Å². The highest BCUT2D eigenvalue weighted by Crippen LogP contribution is 2.17. The summed E-state index contributed by atoms with van der Waals surface area (Å²) in [5, 5.41) is 3.50. The minimum absolute atomic E-state index is 0.482. The van der Waals surface area contributed by atoms with Crippen LogP contribution in [-0.2, 0) is 6.54 Å². The highest BCUT2D eigenvalue weighted by atomic mass is 15.2. The lowest BCUT2D eigenvalue weighted by molar-refractivity contribution is 0.552. The average molecular weight is 263 g/mol. The monoisotopic (exact) mass is 263 g/mol. The predicted molar refractivity (Wildman–Crippen MR) is 83.7 cm³/mol. The van der Waals surface area contributed by atoms with Crippen LogP contribution < -0.4 is 10.2 Å². The van der Waals surface area contributed by atoms with E-state index in [0.29, 0.717) is 12.0 Å². The Morgan fingerprint density at radius 3 is 2.42 bits per heavy atom. The standard InChI is InChI=1S/C16H29N3/c1-7-19(13(4)5)16-9-15(8-14(6)18-16)11-17-10-12(2)3/h8-9,12-13,17H,7,10-11H2,1-6H3. The number of aromatic nitrogens is 1. The third-order valence-corrected chi connectivity index (χ3v) is 3.14. The summed E-state index contributed by atoms with van der Waals surface area (Å²) in [6.07, 6.45) is 0. The van der Waals surface area contributed by atoms with E-state index in [2.05, 4.69) is 68.9 Å². The van der Waals surface area contributed by atoms with Crippen molar-refractivity contribution in [2.45, 2.75) is 54.1 Å². The first-order chi connectivity index (χ1) is 8.93. The van der Waals surface area contributed by atoms with Crippen LogP contribution in [0.2, 0.25) is 0 Å². The molecule has 108 valence electrons. The Hall–Kier alpha value is -1.09. The number of anilines is 1. The molecule has 0 spiro atoms. The van der Waals surface area contributed by atoms with Gasteiger partial charge in [-0.05, 0) is 57.9 Å². The summed E-state index contributed by atoms with van der Waals surface area (Å²) >= 11 is 0. The van der Waals surface area contributed by atoms with E-state index in [-0.39, 0.29) is 0 Å². The quantitative estimate of drug-likeness (QED) is 0.817. The SMILES string of the molecule is CCN(c1cc(CNCC(C)C)cc(C)n1)C(C)C. The molecule has 0 saturated heterocycles.